The number of hydrogen-bond donors (Lipinski definition) is 5. The summed E-state index contributed by atoms with van der Waals surface area (Å²) in [4.78, 5) is 16.6. The number of aromatic amines is 1. The molecule has 0 spiro atoms. The Morgan fingerprint density at radius 3 is 2.53 bits per heavy atom. The highest BCUT2D eigenvalue weighted by molar-refractivity contribution is 6.14. The second-order valence-corrected chi connectivity index (χ2v) is 10.3. The molecule has 9 heteroatoms. The Kier molecular flexibility index (Phi) is 6.38. The lowest BCUT2D eigenvalue weighted by atomic mass is 9.86. The van der Waals surface area contributed by atoms with Crippen LogP contribution >= 0.6 is 0 Å². The maximum absolute atomic E-state index is 13.5. The van der Waals surface area contributed by atoms with Crippen molar-refractivity contribution in [1.82, 2.24) is 4.98 Å². The number of esters is 1. The highest BCUT2D eigenvalue weighted by Gasteiger charge is 2.67. The molecule has 2 aliphatic rings. The fraction of sp³-hybridized carbons (Fsp3) is 0.414. The van der Waals surface area contributed by atoms with Crippen molar-refractivity contribution in [3.05, 3.63) is 54.7 Å². The average Bonchev–Trinajstić information content (AvgIpc) is 3.62. The summed E-state index contributed by atoms with van der Waals surface area (Å²) in [6.07, 6.45) is -0.918. The van der Waals surface area contributed by atoms with Gasteiger partial charge in [0, 0.05) is 24.9 Å². The summed E-state index contributed by atoms with van der Waals surface area (Å²) in [6, 6.07) is 16.0. The van der Waals surface area contributed by atoms with E-state index in [4.69, 9.17) is 19.3 Å². The summed E-state index contributed by atoms with van der Waals surface area (Å²) in [6.45, 7) is -0.130. The number of carbonyl (C=O) groups excluding carboxylic acids is 1. The molecule has 2 heterocycles. The first kappa shape index (κ1) is 25.2. The van der Waals surface area contributed by atoms with E-state index in [1.165, 1.54) is 0 Å². The molecule has 1 aliphatic carbocycles. The molecule has 0 amide bonds. The Bertz CT molecular complexity index is 1490. The van der Waals surface area contributed by atoms with Crippen LogP contribution in [-0.4, -0.2) is 74.3 Å². The number of carbonyl (C=O) groups is 1. The molecule has 1 saturated carbocycles. The minimum atomic E-state index is -2.40. The number of aromatic nitrogens is 1. The molecule has 0 bridgehead atoms. The van der Waals surface area contributed by atoms with E-state index >= 15 is 0 Å². The van der Waals surface area contributed by atoms with Crippen molar-refractivity contribution < 1.29 is 39.4 Å². The number of rotatable bonds is 7. The van der Waals surface area contributed by atoms with Crippen molar-refractivity contribution in [1.29, 1.82) is 0 Å². The zero-order valence-corrected chi connectivity index (χ0v) is 20.8. The quantitative estimate of drug-likeness (QED) is 0.142. The second kappa shape index (κ2) is 9.60. The van der Waals surface area contributed by atoms with Gasteiger partial charge in [-0.3, -0.25) is 0 Å². The highest BCUT2D eigenvalue weighted by Crippen LogP contribution is 2.47. The molecule has 6 rings (SSSR count). The maximum atomic E-state index is 13.5. The van der Waals surface area contributed by atoms with Crippen LogP contribution in [0, 0.1) is 0 Å². The van der Waals surface area contributed by atoms with E-state index in [0.29, 0.717) is 18.2 Å². The maximum Gasteiger partial charge on any atom is 0.343 e. The molecule has 5 N–H and O–H groups in total. The largest absolute Gasteiger partial charge is 0.422 e. The lowest BCUT2D eigenvalue weighted by molar-refractivity contribution is -0.313. The van der Waals surface area contributed by atoms with E-state index in [0.717, 1.165) is 27.1 Å². The molecular weight excluding hydrogens is 490 g/mol. The van der Waals surface area contributed by atoms with Gasteiger partial charge in [0.2, 0.25) is 5.79 Å². The van der Waals surface area contributed by atoms with Gasteiger partial charge < -0.3 is 39.6 Å². The minimum absolute atomic E-state index is 0.0185. The number of hydrogen-bond acceptors (Lipinski definition) is 8. The third kappa shape index (κ3) is 3.98. The van der Waals surface area contributed by atoms with E-state index in [-0.39, 0.29) is 38.2 Å². The average molecular weight is 522 g/mol. The highest BCUT2D eigenvalue weighted by atomic mass is 16.7. The van der Waals surface area contributed by atoms with Crippen LogP contribution < -0.4 is 4.74 Å². The number of nitrogens with one attached hydrogen (secondary N) is 1. The van der Waals surface area contributed by atoms with Gasteiger partial charge in [-0.15, -0.1) is 0 Å². The number of ether oxygens (including phenoxy) is 3. The number of fused-ring (bicyclic) bond motifs is 4. The van der Waals surface area contributed by atoms with Gasteiger partial charge >= 0.3 is 5.97 Å². The summed E-state index contributed by atoms with van der Waals surface area (Å²) in [5, 5.41) is 47.4. The van der Waals surface area contributed by atoms with E-state index in [9.17, 15) is 20.1 Å². The predicted octanol–water partition coefficient (Wildman–Crippen LogP) is 2.90. The van der Waals surface area contributed by atoms with Gasteiger partial charge in [-0.25, -0.2) is 4.79 Å². The first-order chi connectivity index (χ1) is 18.3. The number of aliphatic hydroxyl groups is 4. The van der Waals surface area contributed by atoms with Crippen LogP contribution in [0.25, 0.3) is 32.4 Å². The Morgan fingerprint density at radius 2 is 1.79 bits per heavy atom. The smallest absolute Gasteiger partial charge is 0.343 e. The monoisotopic (exact) mass is 521 g/mol. The van der Waals surface area contributed by atoms with E-state index in [1.807, 2.05) is 42.5 Å². The Labute approximate surface area is 218 Å². The summed E-state index contributed by atoms with van der Waals surface area (Å²) in [5.74, 6) is -2.99. The Morgan fingerprint density at radius 1 is 1.05 bits per heavy atom. The normalized spacial score (nSPS) is 27.0. The number of H-pyrrole nitrogens is 1. The molecule has 4 atom stereocenters. The van der Waals surface area contributed by atoms with E-state index in [2.05, 4.69) is 11.1 Å². The van der Waals surface area contributed by atoms with Gasteiger partial charge in [0.25, 0.3) is 0 Å². The van der Waals surface area contributed by atoms with Crippen molar-refractivity contribution >= 4 is 38.4 Å². The van der Waals surface area contributed by atoms with Crippen LogP contribution in [0.15, 0.2) is 54.7 Å². The summed E-state index contributed by atoms with van der Waals surface area (Å²) in [7, 11) is 0. The molecule has 1 aromatic heterocycles. The second-order valence-electron chi connectivity index (χ2n) is 10.3. The lowest BCUT2D eigenvalue weighted by Crippen LogP contribution is -2.60. The summed E-state index contributed by atoms with van der Waals surface area (Å²) < 4.78 is 17.3. The third-order valence-corrected chi connectivity index (χ3v) is 7.96. The van der Waals surface area contributed by atoms with E-state index < -0.39 is 35.7 Å². The third-order valence-electron chi connectivity index (χ3n) is 7.96. The van der Waals surface area contributed by atoms with Gasteiger partial charge in [-0.2, -0.15) is 0 Å². The van der Waals surface area contributed by atoms with Crippen molar-refractivity contribution in [2.45, 2.75) is 61.8 Å². The zero-order valence-electron chi connectivity index (χ0n) is 20.8. The molecule has 2 fully saturated rings. The lowest BCUT2D eigenvalue weighted by Gasteiger charge is -2.39. The Balaban J connectivity index is 1.35. The number of benzene rings is 3. The van der Waals surface area contributed by atoms with Crippen LogP contribution in [-0.2, 0) is 14.3 Å². The molecule has 0 unspecified atom stereocenters. The van der Waals surface area contributed by atoms with Crippen LogP contribution in [0.1, 0.15) is 32.1 Å². The van der Waals surface area contributed by atoms with Crippen LogP contribution in [0.3, 0.4) is 0 Å². The fourth-order valence-corrected chi connectivity index (χ4v) is 5.93. The molecule has 1 saturated heterocycles. The van der Waals surface area contributed by atoms with Crippen molar-refractivity contribution in [2.24, 2.45) is 0 Å². The first-order valence-corrected chi connectivity index (χ1v) is 13.0. The minimum Gasteiger partial charge on any atom is -0.422 e. The molecule has 200 valence electrons. The van der Waals surface area contributed by atoms with Crippen LogP contribution in [0.2, 0.25) is 0 Å². The fourth-order valence-electron chi connectivity index (χ4n) is 5.93. The SMILES string of the molecule is O=C(Oc1c[nH]c2ccc3cc4ccccc4cc3c12)[C@@H]1O[C@@](O)(C2(O)CCCC2)[C@H](O)[C@H]1OCCCO. The van der Waals surface area contributed by atoms with Crippen LogP contribution in [0.5, 0.6) is 5.75 Å². The molecular formula is C29H31NO8. The summed E-state index contributed by atoms with van der Waals surface area (Å²) >= 11 is 0. The Hall–Kier alpha value is -3.05. The molecule has 4 aromatic rings. The van der Waals surface area contributed by atoms with E-state index in [1.54, 1.807) is 6.20 Å². The van der Waals surface area contributed by atoms with Crippen molar-refractivity contribution in [3.63, 3.8) is 0 Å². The van der Waals surface area contributed by atoms with Gasteiger partial charge in [0.15, 0.2) is 11.9 Å². The van der Waals surface area contributed by atoms with Gasteiger partial charge in [-0.1, -0.05) is 43.2 Å². The molecule has 0 radical (unpaired) electrons. The predicted molar refractivity (Wildman–Crippen MR) is 140 cm³/mol. The van der Waals surface area contributed by atoms with Crippen LogP contribution in [0.4, 0.5) is 0 Å². The molecule has 38 heavy (non-hydrogen) atoms. The van der Waals surface area contributed by atoms with Crippen molar-refractivity contribution in [3.8, 4) is 5.75 Å². The topological polar surface area (TPSA) is 141 Å². The van der Waals surface area contributed by atoms with Gasteiger partial charge in [0.1, 0.15) is 17.8 Å². The first-order valence-electron chi connectivity index (χ1n) is 13.0. The molecule has 9 nitrogen and oxygen atoms in total. The number of aliphatic hydroxyl groups excluding tert-OH is 2. The van der Waals surface area contributed by atoms with Gasteiger partial charge in [0.05, 0.1) is 5.39 Å². The molecule has 3 aromatic carbocycles. The van der Waals surface area contributed by atoms with Crippen molar-refractivity contribution in [2.75, 3.05) is 13.2 Å². The zero-order chi connectivity index (χ0) is 26.5. The summed E-state index contributed by atoms with van der Waals surface area (Å²) in [5.41, 5.74) is -0.951. The standard InChI is InChI=1S/C29H31NO8/c31-12-5-13-36-24-25(38-29(35,26(24)32)28(34)10-3-4-11-28)27(33)37-22-16-30-21-9-8-19-14-17-6-1-2-7-18(17)15-20(19)23(21)22/h1-2,6-9,14-16,24-26,30-32,34-35H,3-5,10-13H2/t24-,25+,26+,29+/m0/s1. The van der Waals surface area contributed by atoms with Gasteiger partial charge in [-0.05, 0) is 59.0 Å². The molecule has 1 aliphatic heterocycles.